The molecule has 0 spiro atoms. The molecule has 1 N–H and O–H groups in total. The maximum atomic E-state index is 12.2. The van der Waals surface area contributed by atoms with E-state index in [0.29, 0.717) is 30.0 Å². The number of hydrogen-bond donors (Lipinski definition) is 1. The number of hydrogen-bond acceptors (Lipinski definition) is 5. The smallest absolute Gasteiger partial charge is 0.260 e. The summed E-state index contributed by atoms with van der Waals surface area (Å²) in [6.07, 6.45) is 2.18. The average Bonchev–Trinajstić information content (AvgIpc) is 3.04. The molecule has 0 aliphatic heterocycles. The van der Waals surface area contributed by atoms with Crippen molar-refractivity contribution in [3.8, 4) is 11.3 Å². The minimum Gasteiger partial charge on any atom is -0.464 e. The Bertz CT molecular complexity index is 743. The number of aromatic amines is 1. The Labute approximate surface area is 112 Å². The third kappa shape index (κ3) is 2.20. The Hall–Kier alpha value is -1.92. The zero-order chi connectivity index (χ0) is 13.2. The number of aromatic nitrogens is 2. The maximum Gasteiger partial charge on any atom is 0.260 e. The Kier molecular flexibility index (Phi) is 3.18. The minimum atomic E-state index is -0.135. The van der Waals surface area contributed by atoms with Crippen LogP contribution in [0.2, 0.25) is 0 Å². The highest BCUT2D eigenvalue weighted by molar-refractivity contribution is 7.17. The monoisotopic (exact) mass is 276 g/mol. The summed E-state index contributed by atoms with van der Waals surface area (Å²) >= 11 is 1.44. The zero-order valence-electron chi connectivity index (χ0n) is 10.3. The molecule has 0 saturated heterocycles. The van der Waals surface area contributed by atoms with Gasteiger partial charge in [-0.3, -0.25) is 4.79 Å². The topological polar surface area (TPSA) is 68.1 Å². The van der Waals surface area contributed by atoms with Gasteiger partial charge in [-0.05, 0) is 12.1 Å². The normalized spacial score (nSPS) is 11.2. The number of furan rings is 1. The molecular weight excluding hydrogens is 264 g/mol. The van der Waals surface area contributed by atoms with Crippen LogP contribution in [0, 0.1) is 0 Å². The molecule has 0 bridgehead atoms. The summed E-state index contributed by atoms with van der Waals surface area (Å²) < 4.78 is 10.3. The lowest BCUT2D eigenvalue weighted by atomic mass is 10.2. The molecule has 19 heavy (non-hydrogen) atoms. The molecule has 0 unspecified atom stereocenters. The molecule has 3 rings (SSSR count). The van der Waals surface area contributed by atoms with Gasteiger partial charge >= 0.3 is 0 Å². The van der Waals surface area contributed by atoms with Crippen molar-refractivity contribution in [1.82, 2.24) is 9.97 Å². The third-order valence-electron chi connectivity index (χ3n) is 2.82. The second-order valence-corrected chi connectivity index (χ2v) is 4.92. The van der Waals surface area contributed by atoms with Crippen molar-refractivity contribution in [3.63, 3.8) is 0 Å². The summed E-state index contributed by atoms with van der Waals surface area (Å²) in [5.74, 6) is 1.33. The van der Waals surface area contributed by atoms with Crippen molar-refractivity contribution in [1.29, 1.82) is 0 Å². The molecule has 6 heteroatoms. The van der Waals surface area contributed by atoms with Gasteiger partial charge in [-0.15, -0.1) is 11.3 Å². The van der Waals surface area contributed by atoms with Gasteiger partial charge in [-0.25, -0.2) is 4.98 Å². The highest BCUT2D eigenvalue weighted by Gasteiger charge is 2.14. The van der Waals surface area contributed by atoms with Gasteiger partial charge in [-0.2, -0.15) is 0 Å². The molecule has 0 aliphatic rings. The summed E-state index contributed by atoms with van der Waals surface area (Å²) in [7, 11) is 1.62. The van der Waals surface area contributed by atoms with Gasteiger partial charge in [0.25, 0.3) is 5.56 Å². The fourth-order valence-corrected chi connectivity index (χ4v) is 2.87. The zero-order valence-corrected chi connectivity index (χ0v) is 11.1. The fourth-order valence-electron chi connectivity index (χ4n) is 1.92. The predicted molar refractivity (Wildman–Crippen MR) is 73.5 cm³/mol. The molecule has 3 heterocycles. The highest BCUT2D eigenvalue weighted by atomic mass is 32.1. The highest BCUT2D eigenvalue weighted by Crippen LogP contribution is 2.30. The van der Waals surface area contributed by atoms with Crippen molar-refractivity contribution in [2.75, 3.05) is 13.7 Å². The average molecular weight is 276 g/mol. The molecule has 0 atom stereocenters. The Balaban J connectivity index is 2.12. The van der Waals surface area contributed by atoms with Crippen LogP contribution in [0.15, 0.2) is 33.0 Å². The summed E-state index contributed by atoms with van der Waals surface area (Å²) in [5, 5.41) is 2.48. The summed E-state index contributed by atoms with van der Waals surface area (Å²) in [6.45, 7) is 0.533. The summed E-state index contributed by atoms with van der Waals surface area (Å²) in [4.78, 5) is 20.1. The van der Waals surface area contributed by atoms with Crippen LogP contribution in [0.25, 0.3) is 21.5 Å². The fraction of sp³-hybridized carbons (Fsp3) is 0.231. The van der Waals surface area contributed by atoms with Crippen LogP contribution in [0.1, 0.15) is 5.82 Å². The van der Waals surface area contributed by atoms with E-state index in [4.69, 9.17) is 9.15 Å². The largest absolute Gasteiger partial charge is 0.464 e. The first-order valence-corrected chi connectivity index (χ1v) is 6.71. The van der Waals surface area contributed by atoms with E-state index in [1.807, 2.05) is 11.4 Å². The van der Waals surface area contributed by atoms with Crippen molar-refractivity contribution < 1.29 is 9.15 Å². The molecule has 0 amide bonds. The predicted octanol–water partition coefficient (Wildman–Crippen LogP) is 2.43. The Morgan fingerprint density at radius 2 is 2.42 bits per heavy atom. The van der Waals surface area contributed by atoms with Crippen molar-refractivity contribution in [2.45, 2.75) is 6.42 Å². The number of thiophene rings is 1. The van der Waals surface area contributed by atoms with E-state index in [0.717, 1.165) is 10.4 Å². The van der Waals surface area contributed by atoms with Crippen LogP contribution < -0.4 is 5.56 Å². The van der Waals surface area contributed by atoms with Gasteiger partial charge in [0, 0.05) is 24.5 Å². The van der Waals surface area contributed by atoms with Crippen LogP contribution in [-0.2, 0) is 11.2 Å². The van der Waals surface area contributed by atoms with E-state index in [1.54, 1.807) is 19.4 Å². The van der Waals surface area contributed by atoms with Crippen molar-refractivity contribution >= 4 is 21.6 Å². The number of fused-ring (bicyclic) bond motifs is 1. The van der Waals surface area contributed by atoms with Crippen molar-refractivity contribution in [2.24, 2.45) is 0 Å². The Morgan fingerprint density at radius 1 is 1.53 bits per heavy atom. The molecule has 0 saturated carbocycles. The lowest BCUT2D eigenvalue weighted by molar-refractivity contribution is 0.200. The third-order valence-corrected chi connectivity index (χ3v) is 3.69. The van der Waals surface area contributed by atoms with Crippen LogP contribution in [0.5, 0.6) is 0 Å². The number of H-pyrrole nitrogens is 1. The standard InChI is InChI=1S/C13H12N2O3S/c1-17-6-4-10-14-12(16)11-8(7-19-13(11)15-10)9-3-2-5-18-9/h2-3,5,7H,4,6H2,1H3,(H,14,15,16). The molecule has 0 fully saturated rings. The molecule has 3 aromatic heterocycles. The van der Waals surface area contributed by atoms with Crippen LogP contribution in [0.3, 0.4) is 0 Å². The second-order valence-electron chi connectivity index (χ2n) is 4.06. The number of nitrogens with zero attached hydrogens (tertiary/aromatic N) is 1. The van der Waals surface area contributed by atoms with Gasteiger partial charge < -0.3 is 14.1 Å². The van der Waals surface area contributed by atoms with E-state index >= 15 is 0 Å². The van der Waals surface area contributed by atoms with Gasteiger partial charge in [0.1, 0.15) is 16.4 Å². The number of ether oxygens (including phenoxy) is 1. The van der Waals surface area contributed by atoms with Crippen molar-refractivity contribution in [3.05, 3.63) is 40.0 Å². The lowest BCUT2D eigenvalue weighted by Crippen LogP contribution is -2.12. The molecule has 3 aromatic rings. The number of methoxy groups -OCH3 is 1. The van der Waals surface area contributed by atoms with E-state index in [-0.39, 0.29) is 5.56 Å². The lowest BCUT2D eigenvalue weighted by Gasteiger charge is -2.00. The first kappa shape index (κ1) is 12.1. The van der Waals surface area contributed by atoms with E-state index in [9.17, 15) is 4.79 Å². The molecule has 0 aromatic carbocycles. The van der Waals surface area contributed by atoms with E-state index in [1.165, 1.54) is 11.3 Å². The first-order chi connectivity index (χ1) is 9.29. The Morgan fingerprint density at radius 3 is 3.16 bits per heavy atom. The van der Waals surface area contributed by atoms with Crippen LogP contribution >= 0.6 is 11.3 Å². The molecule has 98 valence electrons. The quantitative estimate of drug-likeness (QED) is 0.794. The van der Waals surface area contributed by atoms with Gasteiger partial charge in [0.05, 0.1) is 18.3 Å². The van der Waals surface area contributed by atoms with Gasteiger partial charge in [0.15, 0.2) is 0 Å². The molecule has 0 aliphatic carbocycles. The number of nitrogens with one attached hydrogen (secondary N) is 1. The van der Waals surface area contributed by atoms with E-state index in [2.05, 4.69) is 9.97 Å². The van der Waals surface area contributed by atoms with Crippen LogP contribution in [0.4, 0.5) is 0 Å². The SMILES string of the molecule is COCCc1nc2scc(-c3ccco3)c2c(=O)[nH]1. The summed E-state index contributed by atoms with van der Waals surface area (Å²) in [6, 6.07) is 3.63. The first-order valence-electron chi connectivity index (χ1n) is 5.83. The van der Waals surface area contributed by atoms with Gasteiger partial charge in [0.2, 0.25) is 0 Å². The molecular formula is C13H12N2O3S. The molecule has 0 radical (unpaired) electrons. The number of rotatable bonds is 4. The summed E-state index contributed by atoms with van der Waals surface area (Å²) in [5.41, 5.74) is 0.654. The maximum absolute atomic E-state index is 12.2. The van der Waals surface area contributed by atoms with E-state index < -0.39 is 0 Å². The minimum absolute atomic E-state index is 0.135. The molecule has 5 nitrogen and oxygen atoms in total. The van der Waals surface area contributed by atoms with Crippen LogP contribution in [-0.4, -0.2) is 23.7 Å². The van der Waals surface area contributed by atoms with Gasteiger partial charge in [-0.1, -0.05) is 0 Å². The second kappa shape index (κ2) is 4.99.